The number of halogens is 2. The highest BCUT2D eigenvalue weighted by molar-refractivity contribution is 5.81. The van der Waals surface area contributed by atoms with Gasteiger partial charge in [0.05, 0.1) is 0 Å². The van der Waals surface area contributed by atoms with Crippen molar-refractivity contribution in [2.75, 3.05) is 13.1 Å². The molecule has 8 nitrogen and oxygen atoms in total. The Morgan fingerprint density at radius 1 is 0.974 bits per heavy atom. The first-order valence-corrected chi connectivity index (χ1v) is 12.7. The van der Waals surface area contributed by atoms with Crippen LogP contribution in [0.1, 0.15) is 44.7 Å². The fourth-order valence-electron chi connectivity index (χ4n) is 3.79. The van der Waals surface area contributed by atoms with Crippen molar-refractivity contribution in [2.24, 2.45) is 11.1 Å². The van der Waals surface area contributed by atoms with Crippen molar-refractivity contribution in [1.29, 1.82) is 0 Å². The zero-order valence-electron chi connectivity index (χ0n) is 22.1. The minimum absolute atomic E-state index is 0.0523. The maximum absolute atomic E-state index is 14.1. The van der Waals surface area contributed by atoms with Crippen LogP contribution in [0.15, 0.2) is 48.5 Å². The summed E-state index contributed by atoms with van der Waals surface area (Å²) in [6.45, 7) is 5.63. The van der Waals surface area contributed by atoms with Gasteiger partial charge in [-0.15, -0.1) is 0 Å². The van der Waals surface area contributed by atoms with Crippen LogP contribution in [0.5, 0.6) is 0 Å². The first kappa shape index (κ1) is 30.9. The summed E-state index contributed by atoms with van der Waals surface area (Å²) in [6.07, 6.45) is -1.08. The summed E-state index contributed by atoms with van der Waals surface area (Å²) in [5, 5.41) is 18.5. The van der Waals surface area contributed by atoms with Gasteiger partial charge in [0.1, 0.15) is 17.7 Å². The summed E-state index contributed by atoms with van der Waals surface area (Å²) in [7, 11) is 0. The third kappa shape index (κ3) is 10.5. The predicted molar refractivity (Wildman–Crippen MR) is 141 cm³/mol. The molecule has 2 rings (SSSR count). The number of hydrogen-bond acceptors (Lipinski definition) is 5. The molecule has 3 atom stereocenters. The van der Waals surface area contributed by atoms with E-state index in [1.165, 1.54) is 0 Å². The van der Waals surface area contributed by atoms with E-state index in [-0.39, 0.29) is 43.8 Å². The minimum Gasteiger partial charge on any atom is -0.382 e. The van der Waals surface area contributed by atoms with Crippen LogP contribution in [0.4, 0.5) is 8.78 Å². The fourth-order valence-corrected chi connectivity index (χ4v) is 3.79. The average molecular weight is 533 g/mol. The lowest BCUT2D eigenvalue weighted by Gasteiger charge is -2.27. The molecule has 0 aromatic heterocycles. The molecule has 0 aliphatic rings. The molecular formula is C28H38F2N4O4. The van der Waals surface area contributed by atoms with E-state index in [9.17, 15) is 28.3 Å². The number of carbonyl (C=O) groups excluding carboxylic acids is 3. The van der Waals surface area contributed by atoms with Gasteiger partial charge in [-0.1, -0.05) is 51.1 Å². The third-order valence-corrected chi connectivity index (χ3v) is 6.09. The third-order valence-electron chi connectivity index (χ3n) is 6.09. The quantitative estimate of drug-likeness (QED) is 0.254. The summed E-state index contributed by atoms with van der Waals surface area (Å²) in [6, 6.07) is 10.8. The van der Waals surface area contributed by atoms with Crippen LogP contribution in [0.25, 0.3) is 0 Å². The van der Waals surface area contributed by atoms with Crippen molar-refractivity contribution in [2.45, 2.75) is 64.6 Å². The van der Waals surface area contributed by atoms with Crippen LogP contribution in [0, 0.1) is 17.0 Å². The molecule has 0 radical (unpaired) electrons. The average Bonchev–Trinajstić information content (AvgIpc) is 2.88. The van der Waals surface area contributed by atoms with Gasteiger partial charge in [0.2, 0.25) is 17.7 Å². The largest absolute Gasteiger partial charge is 0.382 e. The molecule has 10 heteroatoms. The molecule has 0 saturated heterocycles. The van der Waals surface area contributed by atoms with Crippen molar-refractivity contribution in [1.82, 2.24) is 16.0 Å². The number of carbonyl (C=O) groups is 3. The monoisotopic (exact) mass is 532 g/mol. The predicted octanol–water partition coefficient (Wildman–Crippen LogP) is 1.98. The Morgan fingerprint density at radius 3 is 2.29 bits per heavy atom. The molecule has 0 aliphatic carbocycles. The van der Waals surface area contributed by atoms with E-state index in [0.29, 0.717) is 6.42 Å². The molecule has 0 fully saturated rings. The van der Waals surface area contributed by atoms with Gasteiger partial charge in [0.15, 0.2) is 0 Å². The molecule has 3 unspecified atom stereocenters. The van der Waals surface area contributed by atoms with Gasteiger partial charge in [0.25, 0.3) is 0 Å². The summed E-state index contributed by atoms with van der Waals surface area (Å²) in [5.41, 5.74) is 6.40. The van der Waals surface area contributed by atoms with E-state index in [2.05, 4.69) is 16.0 Å². The molecule has 0 saturated carbocycles. The van der Waals surface area contributed by atoms with E-state index in [4.69, 9.17) is 5.73 Å². The number of aliphatic hydroxyl groups is 1. The summed E-state index contributed by atoms with van der Waals surface area (Å²) >= 11 is 0. The van der Waals surface area contributed by atoms with Gasteiger partial charge in [-0.3, -0.25) is 14.4 Å². The Hall–Kier alpha value is -3.37. The highest BCUT2D eigenvalue weighted by Gasteiger charge is 2.27. The molecule has 2 aromatic rings. The number of benzene rings is 2. The van der Waals surface area contributed by atoms with E-state index in [1.54, 1.807) is 6.92 Å². The SMILES string of the molecule is CCC(=O)NC(CC(=O)NCC(C)(C)CNC(=O)C(O)C(N)Cc1ccccc1)Cc1cc(F)ccc1F. The summed E-state index contributed by atoms with van der Waals surface area (Å²) < 4.78 is 27.7. The van der Waals surface area contributed by atoms with Crippen LogP contribution in [-0.4, -0.2) is 54.1 Å². The van der Waals surface area contributed by atoms with Gasteiger partial charge in [-0.25, -0.2) is 8.78 Å². The smallest absolute Gasteiger partial charge is 0.250 e. The summed E-state index contributed by atoms with van der Waals surface area (Å²) in [4.78, 5) is 37.0. The van der Waals surface area contributed by atoms with Crippen molar-refractivity contribution < 1.29 is 28.3 Å². The molecule has 3 amide bonds. The van der Waals surface area contributed by atoms with Crippen molar-refractivity contribution >= 4 is 17.7 Å². The van der Waals surface area contributed by atoms with Gasteiger partial charge >= 0.3 is 0 Å². The number of amides is 3. The first-order valence-electron chi connectivity index (χ1n) is 12.7. The van der Waals surface area contributed by atoms with Gasteiger partial charge in [0, 0.05) is 38.0 Å². The number of nitrogens with two attached hydrogens (primary N) is 1. The lowest BCUT2D eigenvalue weighted by atomic mass is 9.92. The number of hydrogen-bond donors (Lipinski definition) is 5. The molecule has 2 aromatic carbocycles. The summed E-state index contributed by atoms with van der Waals surface area (Å²) in [5.74, 6) is -2.54. The standard InChI is InChI=1S/C28H38F2N4O4/c1-4-24(35)34-21(14-19-13-20(29)10-11-22(19)30)15-25(36)32-16-28(2,3)17-33-27(38)26(37)23(31)12-18-8-6-5-7-9-18/h5-11,13,21,23,26,37H,4,12,14-17,31H2,1-3H3,(H,32,36)(H,33,38)(H,34,35). The van der Waals surface area contributed by atoms with Crippen molar-refractivity contribution in [3.63, 3.8) is 0 Å². The van der Waals surface area contributed by atoms with Crippen LogP contribution in [-0.2, 0) is 27.2 Å². The van der Waals surface area contributed by atoms with E-state index < -0.39 is 47.1 Å². The van der Waals surface area contributed by atoms with E-state index in [1.807, 2.05) is 44.2 Å². The molecule has 6 N–H and O–H groups in total. The fraction of sp³-hybridized carbons (Fsp3) is 0.464. The second-order valence-electron chi connectivity index (χ2n) is 10.2. The topological polar surface area (TPSA) is 134 Å². The Morgan fingerprint density at radius 2 is 1.63 bits per heavy atom. The van der Waals surface area contributed by atoms with Crippen LogP contribution < -0.4 is 21.7 Å². The van der Waals surface area contributed by atoms with Crippen LogP contribution in [0.3, 0.4) is 0 Å². The number of aliphatic hydroxyl groups excluding tert-OH is 1. The van der Waals surface area contributed by atoms with Gasteiger partial charge in [-0.05, 0) is 47.6 Å². The van der Waals surface area contributed by atoms with E-state index >= 15 is 0 Å². The van der Waals surface area contributed by atoms with Gasteiger partial charge < -0.3 is 26.8 Å². The minimum atomic E-state index is -1.40. The Bertz CT molecular complexity index is 1080. The Balaban J connectivity index is 1.87. The van der Waals surface area contributed by atoms with Crippen molar-refractivity contribution in [3.8, 4) is 0 Å². The first-order chi connectivity index (χ1) is 17.9. The lowest BCUT2D eigenvalue weighted by molar-refractivity contribution is -0.130. The Kier molecular flexibility index (Phi) is 11.8. The zero-order chi connectivity index (χ0) is 28.3. The van der Waals surface area contributed by atoms with Crippen LogP contribution in [0.2, 0.25) is 0 Å². The number of rotatable bonds is 14. The number of nitrogens with one attached hydrogen (secondary N) is 3. The van der Waals surface area contributed by atoms with Crippen LogP contribution >= 0.6 is 0 Å². The second kappa shape index (κ2) is 14.5. The van der Waals surface area contributed by atoms with E-state index in [0.717, 1.165) is 23.8 Å². The highest BCUT2D eigenvalue weighted by atomic mass is 19.1. The molecule has 38 heavy (non-hydrogen) atoms. The highest BCUT2D eigenvalue weighted by Crippen LogP contribution is 2.15. The maximum Gasteiger partial charge on any atom is 0.250 e. The molecule has 0 bridgehead atoms. The van der Waals surface area contributed by atoms with Crippen molar-refractivity contribution in [3.05, 3.63) is 71.3 Å². The lowest BCUT2D eigenvalue weighted by Crippen LogP contribution is -2.50. The zero-order valence-corrected chi connectivity index (χ0v) is 22.1. The maximum atomic E-state index is 14.1. The van der Waals surface area contributed by atoms with Gasteiger partial charge in [-0.2, -0.15) is 0 Å². The Labute approximate surface area is 222 Å². The second-order valence-corrected chi connectivity index (χ2v) is 10.2. The molecule has 0 heterocycles. The normalized spacial score (nSPS) is 13.8. The molecular weight excluding hydrogens is 494 g/mol. The molecule has 0 aliphatic heterocycles. The molecule has 0 spiro atoms. The molecule has 208 valence electrons.